The highest BCUT2D eigenvalue weighted by molar-refractivity contribution is 6.08. The summed E-state index contributed by atoms with van der Waals surface area (Å²) in [5.41, 5.74) is 1.28. The van der Waals surface area contributed by atoms with Crippen LogP contribution in [0.1, 0.15) is 34.7 Å². The molecule has 1 heterocycles. The van der Waals surface area contributed by atoms with E-state index in [1.807, 2.05) is 19.9 Å². The second-order valence-corrected chi connectivity index (χ2v) is 6.02. The first-order valence-corrected chi connectivity index (χ1v) is 8.15. The standard InChI is InChI=1S/C20H18N2O4/c1-12(2)26-15-9-6-14(7-10-15)19(23)22-16-5-3-4-13-8-11-17(20(24)25)21-18(13)16/h3-12H,1-2H3,(H,22,23)(H,24,25). The molecule has 1 amide bonds. The second-order valence-electron chi connectivity index (χ2n) is 6.02. The smallest absolute Gasteiger partial charge is 0.354 e. The fraction of sp³-hybridized carbons (Fsp3) is 0.150. The molecule has 0 aliphatic heterocycles. The van der Waals surface area contributed by atoms with Crippen LogP contribution >= 0.6 is 0 Å². The zero-order valence-corrected chi connectivity index (χ0v) is 14.4. The topological polar surface area (TPSA) is 88.5 Å². The van der Waals surface area contributed by atoms with Crippen molar-refractivity contribution in [3.63, 3.8) is 0 Å². The summed E-state index contributed by atoms with van der Waals surface area (Å²) in [6.45, 7) is 3.86. The number of para-hydroxylation sites is 1. The Morgan fingerprint density at radius 2 is 1.77 bits per heavy atom. The largest absolute Gasteiger partial charge is 0.491 e. The molecule has 0 saturated carbocycles. The molecule has 6 heteroatoms. The summed E-state index contributed by atoms with van der Waals surface area (Å²) in [5, 5.41) is 12.7. The van der Waals surface area contributed by atoms with Gasteiger partial charge in [0.25, 0.3) is 5.91 Å². The molecular weight excluding hydrogens is 332 g/mol. The molecule has 3 aromatic rings. The third kappa shape index (κ3) is 3.80. The number of fused-ring (bicyclic) bond motifs is 1. The van der Waals surface area contributed by atoms with Crippen molar-refractivity contribution in [1.82, 2.24) is 4.98 Å². The average molecular weight is 350 g/mol. The third-order valence-electron chi connectivity index (χ3n) is 3.68. The molecule has 0 atom stereocenters. The Bertz CT molecular complexity index is 965. The van der Waals surface area contributed by atoms with Crippen molar-refractivity contribution in [1.29, 1.82) is 0 Å². The lowest BCUT2D eigenvalue weighted by Gasteiger charge is -2.11. The Hall–Kier alpha value is -3.41. The Morgan fingerprint density at radius 1 is 1.04 bits per heavy atom. The number of carboxylic acids is 1. The molecule has 132 valence electrons. The molecule has 0 saturated heterocycles. The number of anilines is 1. The van der Waals surface area contributed by atoms with Gasteiger partial charge in [-0.3, -0.25) is 4.79 Å². The van der Waals surface area contributed by atoms with Gasteiger partial charge in [-0.2, -0.15) is 0 Å². The lowest BCUT2D eigenvalue weighted by molar-refractivity contribution is 0.0690. The minimum atomic E-state index is -1.12. The zero-order chi connectivity index (χ0) is 18.7. The number of hydrogen-bond donors (Lipinski definition) is 2. The van der Waals surface area contributed by atoms with Gasteiger partial charge in [-0.25, -0.2) is 9.78 Å². The van der Waals surface area contributed by atoms with Crippen LogP contribution in [0.2, 0.25) is 0 Å². The van der Waals surface area contributed by atoms with Crippen molar-refractivity contribution in [2.75, 3.05) is 5.32 Å². The van der Waals surface area contributed by atoms with Gasteiger partial charge in [-0.15, -0.1) is 0 Å². The molecule has 0 spiro atoms. The van der Waals surface area contributed by atoms with E-state index in [0.29, 0.717) is 22.5 Å². The van der Waals surface area contributed by atoms with Crippen LogP contribution in [0, 0.1) is 0 Å². The lowest BCUT2D eigenvalue weighted by atomic mass is 10.1. The van der Waals surface area contributed by atoms with Crippen LogP contribution in [0.25, 0.3) is 10.9 Å². The Labute approximate surface area is 150 Å². The van der Waals surface area contributed by atoms with Crippen LogP contribution < -0.4 is 10.1 Å². The summed E-state index contributed by atoms with van der Waals surface area (Å²) >= 11 is 0. The molecule has 0 bridgehead atoms. The summed E-state index contributed by atoms with van der Waals surface area (Å²) in [7, 11) is 0. The number of carboxylic acid groups (broad SMARTS) is 1. The summed E-state index contributed by atoms with van der Waals surface area (Å²) in [6, 6.07) is 15.2. The second kappa shape index (κ2) is 7.23. The SMILES string of the molecule is CC(C)Oc1ccc(C(=O)Nc2cccc3ccc(C(=O)O)nc23)cc1. The van der Waals surface area contributed by atoms with Crippen molar-refractivity contribution in [2.24, 2.45) is 0 Å². The summed E-state index contributed by atoms with van der Waals surface area (Å²) in [6.07, 6.45) is 0.0554. The van der Waals surface area contributed by atoms with Crippen molar-refractivity contribution in [2.45, 2.75) is 20.0 Å². The number of hydrogen-bond acceptors (Lipinski definition) is 4. The lowest BCUT2D eigenvalue weighted by Crippen LogP contribution is -2.13. The van der Waals surface area contributed by atoms with Gasteiger partial charge in [0, 0.05) is 10.9 Å². The Balaban J connectivity index is 1.87. The summed E-state index contributed by atoms with van der Waals surface area (Å²) in [5.74, 6) is -0.737. The van der Waals surface area contributed by atoms with Crippen LogP contribution in [-0.4, -0.2) is 28.1 Å². The molecule has 3 rings (SSSR count). The molecule has 0 aliphatic rings. The van der Waals surface area contributed by atoms with E-state index in [1.165, 1.54) is 6.07 Å². The summed E-state index contributed by atoms with van der Waals surface area (Å²) in [4.78, 5) is 27.8. The van der Waals surface area contributed by atoms with Gasteiger partial charge in [-0.05, 0) is 50.2 Å². The van der Waals surface area contributed by atoms with Crippen molar-refractivity contribution < 1.29 is 19.4 Å². The molecule has 1 aromatic heterocycles. The van der Waals surface area contributed by atoms with E-state index < -0.39 is 5.97 Å². The molecular formula is C20H18N2O4. The highest BCUT2D eigenvalue weighted by Crippen LogP contribution is 2.23. The average Bonchev–Trinajstić information content (AvgIpc) is 2.61. The molecule has 26 heavy (non-hydrogen) atoms. The predicted octanol–water partition coefficient (Wildman–Crippen LogP) is 3.97. The zero-order valence-electron chi connectivity index (χ0n) is 14.4. The fourth-order valence-electron chi connectivity index (χ4n) is 2.52. The van der Waals surface area contributed by atoms with Gasteiger partial charge in [0.05, 0.1) is 17.3 Å². The first kappa shape index (κ1) is 17.4. The minimum Gasteiger partial charge on any atom is -0.491 e. The first-order chi connectivity index (χ1) is 12.4. The van der Waals surface area contributed by atoms with Crippen LogP contribution in [0.15, 0.2) is 54.6 Å². The van der Waals surface area contributed by atoms with E-state index in [4.69, 9.17) is 9.84 Å². The number of ether oxygens (including phenoxy) is 1. The third-order valence-corrected chi connectivity index (χ3v) is 3.68. The van der Waals surface area contributed by atoms with Crippen LogP contribution in [0.4, 0.5) is 5.69 Å². The fourth-order valence-corrected chi connectivity index (χ4v) is 2.52. The van der Waals surface area contributed by atoms with Gasteiger partial charge >= 0.3 is 5.97 Å². The maximum absolute atomic E-state index is 12.5. The van der Waals surface area contributed by atoms with E-state index in [0.717, 1.165) is 5.39 Å². The molecule has 0 fully saturated rings. The minimum absolute atomic E-state index is 0.0554. The number of carbonyl (C=O) groups excluding carboxylic acids is 1. The maximum atomic E-state index is 12.5. The van der Waals surface area contributed by atoms with Crippen molar-refractivity contribution in [3.05, 3.63) is 65.9 Å². The number of aromatic carboxylic acids is 1. The first-order valence-electron chi connectivity index (χ1n) is 8.15. The van der Waals surface area contributed by atoms with Gasteiger partial charge in [0.15, 0.2) is 0 Å². The van der Waals surface area contributed by atoms with Crippen LogP contribution in [0.3, 0.4) is 0 Å². The summed E-state index contributed by atoms with van der Waals surface area (Å²) < 4.78 is 5.56. The monoisotopic (exact) mass is 350 g/mol. The van der Waals surface area contributed by atoms with E-state index in [1.54, 1.807) is 42.5 Å². The maximum Gasteiger partial charge on any atom is 0.354 e. The van der Waals surface area contributed by atoms with E-state index >= 15 is 0 Å². The number of rotatable bonds is 5. The normalized spacial score (nSPS) is 10.7. The molecule has 0 radical (unpaired) electrons. The number of amides is 1. The predicted molar refractivity (Wildman–Crippen MR) is 98.9 cm³/mol. The Morgan fingerprint density at radius 3 is 2.42 bits per heavy atom. The molecule has 0 unspecified atom stereocenters. The number of pyridine rings is 1. The number of nitrogens with zero attached hydrogens (tertiary/aromatic N) is 1. The highest BCUT2D eigenvalue weighted by Gasteiger charge is 2.12. The van der Waals surface area contributed by atoms with Crippen molar-refractivity contribution >= 4 is 28.5 Å². The van der Waals surface area contributed by atoms with Crippen molar-refractivity contribution in [3.8, 4) is 5.75 Å². The number of nitrogens with one attached hydrogen (secondary N) is 1. The highest BCUT2D eigenvalue weighted by atomic mass is 16.5. The van der Waals surface area contributed by atoms with E-state index in [9.17, 15) is 9.59 Å². The molecule has 0 aliphatic carbocycles. The quantitative estimate of drug-likeness (QED) is 0.727. The van der Waals surface area contributed by atoms with Gasteiger partial charge in [-0.1, -0.05) is 18.2 Å². The van der Waals surface area contributed by atoms with E-state index in [2.05, 4.69) is 10.3 Å². The van der Waals surface area contributed by atoms with E-state index in [-0.39, 0.29) is 17.7 Å². The molecule has 2 aromatic carbocycles. The van der Waals surface area contributed by atoms with Gasteiger partial charge in [0.2, 0.25) is 0 Å². The number of aromatic nitrogens is 1. The molecule has 2 N–H and O–H groups in total. The van der Waals surface area contributed by atoms with Crippen LogP contribution in [-0.2, 0) is 0 Å². The number of carbonyl (C=O) groups is 2. The van der Waals surface area contributed by atoms with Gasteiger partial charge < -0.3 is 15.2 Å². The number of benzene rings is 2. The van der Waals surface area contributed by atoms with Crippen LogP contribution in [0.5, 0.6) is 5.75 Å². The Kier molecular flexibility index (Phi) is 4.84. The van der Waals surface area contributed by atoms with Gasteiger partial charge in [0.1, 0.15) is 11.4 Å². The molecule has 6 nitrogen and oxygen atoms in total.